The fourth-order valence-electron chi connectivity index (χ4n) is 1.06. The van der Waals surface area contributed by atoms with E-state index in [2.05, 4.69) is 0 Å². The number of carbonyl (C=O) groups is 2. The Morgan fingerprint density at radius 2 is 1.94 bits per heavy atom. The molecular formula is C11H13NO4. The number of carboxylic acids is 1. The zero-order chi connectivity index (χ0) is 12.1. The van der Waals surface area contributed by atoms with Gasteiger partial charge in [0.1, 0.15) is 11.8 Å². The van der Waals surface area contributed by atoms with Gasteiger partial charge in [0, 0.05) is 0 Å². The molecule has 0 unspecified atom stereocenters. The van der Waals surface area contributed by atoms with Crippen molar-refractivity contribution in [1.29, 1.82) is 0 Å². The second-order valence-corrected chi connectivity index (χ2v) is 3.42. The fraction of sp³-hybridized carbons (Fsp3) is 0.273. The Hall–Kier alpha value is -1.88. The normalized spacial score (nSPS) is 11.9. The molecular weight excluding hydrogens is 210 g/mol. The molecule has 0 aliphatic carbocycles. The van der Waals surface area contributed by atoms with Crippen molar-refractivity contribution in [1.82, 2.24) is 0 Å². The molecule has 0 bridgehead atoms. The maximum Gasteiger partial charge on any atom is 0.328 e. The van der Waals surface area contributed by atoms with E-state index in [0.29, 0.717) is 11.3 Å². The van der Waals surface area contributed by atoms with Crippen molar-refractivity contribution < 1.29 is 19.4 Å². The lowest BCUT2D eigenvalue weighted by molar-refractivity contribution is -0.136. The molecule has 1 aromatic carbocycles. The molecule has 0 aromatic heterocycles. The van der Waals surface area contributed by atoms with Crippen molar-refractivity contribution in [3.8, 4) is 5.75 Å². The van der Waals surface area contributed by atoms with Crippen LogP contribution in [0, 0.1) is 0 Å². The number of rotatable bonds is 4. The van der Waals surface area contributed by atoms with Crippen LogP contribution >= 0.6 is 0 Å². The van der Waals surface area contributed by atoms with Gasteiger partial charge in [-0.2, -0.15) is 0 Å². The highest BCUT2D eigenvalue weighted by molar-refractivity contribution is 5.77. The Labute approximate surface area is 92.8 Å². The highest BCUT2D eigenvalue weighted by atomic mass is 16.5. The van der Waals surface area contributed by atoms with Gasteiger partial charge in [0.2, 0.25) is 0 Å². The lowest BCUT2D eigenvalue weighted by atomic mass is 10.1. The summed E-state index contributed by atoms with van der Waals surface area (Å²) < 4.78 is 4.92. The molecule has 0 spiro atoms. The van der Waals surface area contributed by atoms with Crippen LogP contribution in [0.3, 0.4) is 0 Å². The van der Waals surface area contributed by atoms with E-state index in [4.69, 9.17) is 15.6 Å². The van der Waals surface area contributed by atoms with E-state index in [-0.39, 0.29) is 6.42 Å². The first-order valence-corrected chi connectivity index (χ1v) is 4.77. The molecule has 0 radical (unpaired) electrons. The van der Waals surface area contributed by atoms with Gasteiger partial charge in [-0.25, -0.2) is 4.79 Å². The summed E-state index contributed by atoms with van der Waals surface area (Å²) in [5.74, 6) is -1.07. The number of nitrogens with two attached hydrogens (primary N) is 1. The minimum absolute atomic E-state index is 0.0540. The summed E-state index contributed by atoms with van der Waals surface area (Å²) in [5, 5.41) is 8.55. The molecule has 5 nitrogen and oxygen atoms in total. The standard InChI is InChI=1S/C11H13NO4/c1-7(12)11(15)16-9-4-2-8(3-5-9)6-10(13)14/h2-5,7H,6,12H2,1H3,(H,13,14)/t7-/m0/s1. The van der Waals surface area contributed by atoms with Gasteiger partial charge in [-0.1, -0.05) is 12.1 Å². The molecule has 1 aromatic rings. The minimum Gasteiger partial charge on any atom is -0.481 e. The average molecular weight is 223 g/mol. The number of aliphatic carboxylic acids is 1. The van der Waals surface area contributed by atoms with Gasteiger partial charge in [-0.15, -0.1) is 0 Å². The monoisotopic (exact) mass is 223 g/mol. The van der Waals surface area contributed by atoms with E-state index in [9.17, 15) is 9.59 Å². The maximum absolute atomic E-state index is 11.1. The summed E-state index contributed by atoms with van der Waals surface area (Å²) in [6.07, 6.45) is -0.0540. The van der Waals surface area contributed by atoms with Crippen LogP contribution < -0.4 is 10.5 Å². The molecule has 0 amide bonds. The molecule has 0 heterocycles. The van der Waals surface area contributed by atoms with E-state index in [1.165, 1.54) is 6.92 Å². The summed E-state index contributed by atoms with van der Waals surface area (Å²) in [4.78, 5) is 21.6. The Morgan fingerprint density at radius 1 is 1.38 bits per heavy atom. The number of benzene rings is 1. The van der Waals surface area contributed by atoms with Gasteiger partial charge in [-0.05, 0) is 24.6 Å². The third-order valence-corrected chi connectivity index (χ3v) is 1.87. The highest BCUT2D eigenvalue weighted by Gasteiger charge is 2.10. The quantitative estimate of drug-likeness (QED) is 0.575. The molecule has 86 valence electrons. The van der Waals surface area contributed by atoms with Crippen LogP contribution in [-0.4, -0.2) is 23.1 Å². The Balaban J connectivity index is 2.64. The van der Waals surface area contributed by atoms with Gasteiger partial charge in [0.05, 0.1) is 6.42 Å². The molecule has 0 saturated carbocycles. The molecule has 0 aliphatic rings. The third kappa shape index (κ3) is 3.70. The summed E-state index contributed by atoms with van der Waals surface area (Å²) in [6, 6.07) is 5.59. The second kappa shape index (κ2) is 5.27. The molecule has 0 saturated heterocycles. The first-order valence-electron chi connectivity index (χ1n) is 4.77. The molecule has 0 fully saturated rings. The van der Waals surface area contributed by atoms with Crippen molar-refractivity contribution in [3.63, 3.8) is 0 Å². The zero-order valence-corrected chi connectivity index (χ0v) is 8.84. The van der Waals surface area contributed by atoms with Crippen LogP contribution in [0.1, 0.15) is 12.5 Å². The predicted octanol–water partition coefficient (Wildman–Crippen LogP) is 0.566. The van der Waals surface area contributed by atoms with E-state index in [1.807, 2.05) is 0 Å². The van der Waals surface area contributed by atoms with Gasteiger partial charge in [0.25, 0.3) is 0 Å². The van der Waals surface area contributed by atoms with Crippen molar-refractivity contribution >= 4 is 11.9 Å². The lowest BCUT2D eigenvalue weighted by Crippen LogP contribution is -2.30. The van der Waals surface area contributed by atoms with Crippen LogP contribution in [0.2, 0.25) is 0 Å². The molecule has 1 rings (SSSR count). The van der Waals surface area contributed by atoms with Gasteiger partial charge >= 0.3 is 11.9 Å². The molecule has 1 atom stereocenters. The van der Waals surface area contributed by atoms with E-state index in [0.717, 1.165) is 0 Å². The van der Waals surface area contributed by atoms with Crippen LogP contribution in [0.5, 0.6) is 5.75 Å². The number of carbonyl (C=O) groups excluding carboxylic acids is 1. The number of hydrogen-bond acceptors (Lipinski definition) is 4. The Morgan fingerprint density at radius 3 is 2.38 bits per heavy atom. The average Bonchev–Trinajstić information content (AvgIpc) is 2.20. The van der Waals surface area contributed by atoms with Crippen molar-refractivity contribution in [3.05, 3.63) is 29.8 Å². The molecule has 0 aliphatic heterocycles. The van der Waals surface area contributed by atoms with Gasteiger partial charge in [-0.3, -0.25) is 4.79 Å². The first-order chi connectivity index (χ1) is 7.49. The molecule has 3 N–H and O–H groups in total. The van der Waals surface area contributed by atoms with E-state index >= 15 is 0 Å². The summed E-state index contributed by atoms with van der Waals surface area (Å²) in [5.41, 5.74) is 5.97. The van der Waals surface area contributed by atoms with Gasteiger partial charge < -0.3 is 15.6 Å². The van der Waals surface area contributed by atoms with Crippen LogP contribution in [0.25, 0.3) is 0 Å². The molecule has 16 heavy (non-hydrogen) atoms. The third-order valence-electron chi connectivity index (χ3n) is 1.87. The van der Waals surface area contributed by atoms with Crippen molar-refractivity contribution in [2.75, 3.05) is 0 Å². The number of carboxylic acid groups (broad SMARTS) is 1. The summed E-state index contributed by atoms with van der Waals surface area (Å²) in [6.45, 7) is 1.53. The number of esters is 1. The van der Waals surface area contributed by atoms with E-state index in [1.54, 1.807) is 24.3 Å². The van der Waals surface area contributed by atoms with Gasteiger partial charge in [0.15, 0.2) is 0 Å². The smallest absolute Gasteiger partial charge is 0.328 e. The lowest BCUT2D eigenvalue weighted by Gasteiger charge is -2.06. The number of hydrogen-bond donors (Lipinski definition) is 2. The SMILES string of the molecule is C[C@H](N)C(=O)Oc1ccc(CC(=O)O)cc1. The summed E-state index contributed by atoms with van der Waals surface area (Å²) in [7, 11) is 0. The molecule has 5 heteroatoms. The highest BCUT2D eigenvalue weighted by Crippen LogP contribution is 2.13. The van der Waals surface area contributed by atoms with Crippen LogP contribution in [0.4, 0.5) is 0 Å². The Kier molecular flexibility index (Phi) is 4.02. The largest absolute Gasteiger partial charge is 0.481 e. The topological polar surface area (TPSA) is 89.6 Å². The summed E-state index contributed by atoms with van der Waals surface area (Å²) >= 11 is 0. The van der Waals surface area contributed by atoms with Crippen LogP contribution in [-0.2, 0) is 16.0 Å². The maximum atomic E-state index is 11.1. The predicted molar refractivity (Wildman–Crippen MR) is 57.1 cm³/mol. The number of ether oxygens (including phenoxy) is 1. The van der Waals surface area contributed by atoms with Crippen molar-refractivity contribution in [2.45, 2.75) is 19.4 Å². The van der Waals surface area contributed by atoms with E-state index < -0.39 is 18.0 Å². The van der Waals surface area contributed by atoms with Crippen molar-refractivity contribution in [2.24, 2.45) is 5.73 Å². The fourth-order valence-corrected chi connectivity index (χ4v) is 1.06. The second-order valence-electron chi connectivity index (χ2n) is 3.42. The Bertz CT molecular complexity index is 383. The first kappa shape index (κ1) is 12.2. The zero-order valence-electron chi connectivity index (χ0n) is 8.84. The minimum atomic E-state index is -0.902. The van der Waals surface area contributed by atoms with Crippen LogP contribution in [0.15, 0.2) is 24.3 Å².